The van der Waals surface area contributed by atoms with Crippen molar-refractivity contribution in [2.75, 3.05) is 26.7 Å². The molecule has 1 aliphatic heterocycles. The van der Waals surface area contributed by atoms with E-state index in [1.54, 1.807) is 0 Å². The fourth-order valence-electron chi connectivity index (χ4n) is 4.59. The zero-order chi connectivity index (χ0) is 21.7. The first kappa shape index (κ1) is 26.1. The summed E-state index contributed by atoms with van der Waals surface area (Å²) in [5, 5.41) is 13.8. The van der Waals surface area contributed by atoms with Crippen molar-refractivity contribution in [1.29, 1.82) is 0 Å². The molecule has 3 rings (SSSR count). The van der Waals surface area contributed by atoms with Crippen LogP contribution >= 0.6 is 35.3 Å². The molecule has 2 aromatic heterocycles. The van der Waals surface area contributed by atoms with Crippen molar-refractivity contribution in [2.45, 2.75) is 59.0 Å². The Labute approximate surface area is 208 Å². The van der Waals surface area contributed by atoms with Gasteiger partial charge in [0.2, 0.25) is 0 Å². The lowest BCUT2D eigenvalue weighted by atomic mass is 9.88. The van der Waals surface area contributed by atoms with Crippen molar-refractivity contribution in [2.24, 2.45) is 18.0 Å². The normalized spacial score (nSPS) is 20.9. The van der Waals surface area contributed by atoms with E-state index in [-0.39, 0.29) is 30.0 Å². The molecule has 0 saturated carbocycles. The Morgan fingerprint density at radius 3 is 2.74 bits per heavy atom. The SMILES string of the molecule is CCNC(=NCC1CCCN(C)C1c1cccs1)NC(C)Cc1c(C)nn(C)c1C.I. The standard InChI is InChI=1S/C23H38N6S.HI/c1-7-24-23(26-16(2)14-20-17(3)27-29(6)18(20)4)25-15-19-10-8-12-28(5)22(19)21-11-9-13-30-21;/h9,11,13,16,19,22H,7-8,10,12,14-15H2,1-6H3,(H2,24,25,26);1H. The number of aryl methyl sites for hydroxylation is 2. The van der Waals surface area contributed by atoms with E-state index in [1.807, 2.05) is 23.1 Å². The van der Waals surface area contributed by atoms with Gasteiger partial charge in [-0.3, -0.25) is 14.6 Å². The van der Waals surface area contributed by atoms with Crippen LogP contribution in [0.25, 0.3) is 0 Å². The highest BCUT2D eigenvalue weighted by Crippen LogP contribution is 2.37. The van der Waals surface area contributed by atoms with Gasteiger partial charge < -0.3 is 10.6 Å². The molecular formula is C23H39IN6S. The van der Waals surface area contributed by atoms with Crippen LogP contribution in [0.3, 0.4) is 0 Å². The van der Waals surface area contributed by atoms with Gasteiger partial charge in [0.15, 0.2) is 5.96 Å². The Morgan fingerprint density at radius 1 is 1.35 bits per heavy atom. The number of rotatable bonds is 7. The summed E-state index contributed by atoms with van der Waals surface area (Å²) < 4.78 is 1.97. The third-order valence-electron chi connectivity index (χ3n) is 6.22. The molecule has 0 aliphatic carbocycles. The van der Waals surface area contributed by atoms with Gasteiger partial charge in [-0.25, -0.2) is 0 Å². The van der Waals surface area contributed by atoms with Gasteiger partial charge in [-0.1, -0.05) is 6.07 Å². The lowest BCUT2D eigenvalue weighted by molar-refractivity contribution is 0.128. The fraction of sp³-hybridized carbons (Fsp3) is 0.652. The van der Waals surface area contributed by atoms with Gasteiger partial charge in [-0.2, -0.15) is 5.10 Å². The average molecular weight is 559 g/mol. The number of hydrogen-bond acceptors (Lipinski definition) is 4. The molecule has 6 nitrogen and oxygen atoms in total. The van der Waals surface area contributed by atoms with Crippen molar-refractivity contribution < 1.29 is 0 Å². The lowest BCUT2D eigenvalue weighted by Gasteiger charge is -2.38. The zero-order valence-corrected chi connectivity index (χ0v) is 23.0. The molecule has 0 amide bonds. The highest BCUT2D eigenvalue weighted by atomic mass is 127. The van der Waals surface area contributed by atoms with Gasteiger partial charge in [0, 0.05) is 42.8 Å². The topological polar surface area (TPSA) is 57.5 Å². The molecule has 0 aromatic carbocycles. The van der Waals surface area contributed by atoms with Crippen molar-refractivity contribution >= 4 is 41.3 Å². The van der Waals surface area contributed by atoms with Crippen molar-refractivity contribution in [1.82, 2.24) is 25.3 Å². The van der Waals surface area contributed by atoms with E-state index in [0.717, 1.165) is 31.2 Å². The molecule has 0 bridgehead atoms. The molecule has 0 spiro atoms. The molecule has 1 fully saturated rings. The molecule has 8 heteroatoms. The molecule has 0 radical (unpaired) electrons. The number of halogens is 1. The minimum absolute atomic E-state index is 0. The summed E-state index contributed by atoms with van der Waals surface area (Å²) in [7, 11) is 4.27. The summed E-state index contributed by atoms with van der Waals surface area (Å²) >= 11 is 1.87. The van der Waals surface area contributed by atoms with Crippen molar-refractivity contribution in [3.8, 4) is 0 Å². The van der Waals surface area contributed by atoms with E-state index in [4.69, 9.17) is 4.99 Å². The van der Waals surface area contributed by atoms with Gasteiger partial charge in [-0.05, 0) is 83.5 Å². The van der Waals surface area contributed by atoms with Crippen LogP contribution in [0.1, 0.15) is 54.6 Å². The van der Waals surface area contributed by atoms with Crippen molar-refractivity contribution in [3.05, 3.63) is 39.3 Å². The van der Waals surface area contributed by atoms with Crippen LogP contribution in [0.2, 0.25) is 0 Å². The smallest absolute Gasteiger partial charge is 0.191 e. The Morgan fingerprint density at radius 2 is 2.13 bits per heavy atom. The first-order chi connectivity index (χ1) is 14.4. The van der Waals surface area contributed by atoms with Crippen LogP contribution in [0.15, 0.2) is 22.5 Å². The average Bonchev–Trinajstić information content (AvgIpc) is 3.31. The van der Waals surface area contributed by atoms with E-state index in [1.165, 1.54) is 35.5 Å². The van der Waals surface area contributed by atoms with E-state index in [9.17, 15) is 0 Å². The largest absolute Gasteiger partial charge is 0.357 e. The number of piperidine rings is 1. The van der Waals surface area contributed by atoms with Gasteiger partial charge in [0.25, 0.3) is 0 Å². The van der Waals surface area contributed by atoms with Crippen molar-refractivity contribution in [3.63, 3.8) is 0 Å². The molecule has 3 unspecified atom stereocenters. The maximum absolute atomic E-state index is 5.01. The lowest BCUT2D eigenvalue weighted by Crippen LogP contribution is -2.44. The molecule has 31 heavy (non-hydrogen) atoms. The monoisotopic (exact) mass is 558 g/mol. The van der Waals surface area contributed by atoms with Crippen LogP contribution in [-0.2, 0) is 13.5 Å². The number of guanidine groups is 1. The van der Waals surface area contributed by atoms with Gasteiger partial charge in [0.1, 0.15) is 0 Å². The van der Waals surface area contributed by atoms with E-state index >= 15 is 0 Å². The number of likely N-dealkylation sites (tertiary alicyclic amines) is 1. The van der Waals surface area contributed by atoms with Crippen LogP contribution in [0, 0.1) is 19.8 Å². The van der Waals surface area contributed by atoms with E-state index in [0.29, 0.717) is 12.0 Å². The zero-order valence-electron chi connectivity index (χ0n) is 19.8. The number of thiophene rings is 1. The molecule has 1 aliphatic rings. The number of nitrogens with zero attached hydrogens (tertiary/aromatic N) is 4. The summed E-state index contributed by atoms with van der Waals surface area (Å²) in [6.45, 7) is 11.5. The Balaban J connectivity index is 0.00000341. The van der Waals surface area contributed by atoms with Gasteiger partial charge in [-0.15, -0.1) is 35.3 Å². The van der Waals surface area contributed by atoms with Crippen LogP contribution < -0.4 is 10.6 Å². The van der Waals surface area contributed by atoms with Crippen LogP contribution in [0.5, 0.6) is 0 Å². The van der Waals surface area contributed by atoms with E-state index < -0.39 is 0 Å². The quantitative estimate of drug-likeness (QED) is 0.303. The second kappa shape index (κ2) is 12.2. The van der Waals surface area contributed by atoms with E-state index in [2.05, 4.69) is 72.9 Å². The maximum atomic E-state index is 5.01. The molecule has 3 atom stereocenters. The Kier molecular flexibility index (Phi) is 10.3. The summed E-state index contributed by atoms with van der Waals surface area (Å²) in [6.07, 6.45) is 3.43. The Hall–Kier alpha value is -1.13. The fourth-order valence-corrected chi connectivity index (χ4v) is 5.58. The highest BCUT2D eigenvalue weighted by Gasteiger charge is 2.31. The minimum Gasteiger partial charge on any atom is -0.357 e. The highest BCUT2D eigenvalue weighted by molar-refractivity contribution is 14.0. The molecule has 2 N–H and O–H groups in total. The predicted molar refractivity (Wildman–Crippen MR) is 143 cm³/mol. The molecule has 2 aromatic rings. The van der Waals surface area contributed by atoms with Crippen LogP contribution in [-0.4, -0.2) is 53.4 Å². The summed E-state index contributed by atoms with van der Waals surface area (Å²) in [6, 6.07) is 5.20. The first-order valence-corrected chi connectivity index (χ1v) is 12.1. The van der Waals surface area contributed by atoms with Crippen LogP contribution in [0.4, 0.5) is 0 Å². The van der Waals surface area contributed by atoms with Gasteiger partial charge >= 0.3 is 0 Å². The number of nitrogens with one attached hydrogen (secondary N) is 2. The predicted octanol–water partition coefficient (Wildman–Crippen LogP) is 4.29. The maximum Gasteiger partial charge on any atom is 0.191 e. The number of aliphatic imine (C=N–C) groups is 1. The Bertz CT molecular complexity index is 831. The molecular weight excluding hydrogens is 519 g/mol. The number of hydrogen-bond donors (Lipinski definition) is 2. The third kappa shape index (κ3) is 6.68. The molecule has 3 heterocycles. The minimum atomic E-state index is 0. The first-order valence-electron chi connectivity index (χ1n) is 11.2. The molecule has 174 valence electrons. The second-order valence-corrected chi connectivity index (χ2v) is 9.56. The number of aromatic nitrogens is 2. The second-order valence-electron chi connectivity index (χ2n) is 8.59. The van der Waals surface area contributed by atoms with Gasteiger partial charge in [0.05, 0.1) is 5.69 Å². The summed E-state index contributed by atoms with van der Waals surface area (Å²) in [5.41, 5.74) is 3.70. The summed E-state index contributed by atoms with van der Waals surface area (Å²) in [5.74, 6) is 1.47. The third-order valence-corrected chi connectivity index (χ3v) is 7.17. The molecule has 1 saturated heterocycles. The summed E-state index contributed by atoms with van der Waals surface area (Å²) in [4.78, 5) is 8.99.